The van der Waals surface area contributed by atoms with Crippen LogP contribution < -0.4 is 5.32 Å². The van der Waals surface area contributed by atoms with E-state index in [1.54, 1.807) is 0 Å². The number of rotatable bonds is 7. The highest BCUT2D eigenvalue weighted by atomic mass is 15.0. The van der Waals surface area contributed by atoms with Crippen molar-refractivity contribution in [2.45, 2.75) is 52.6 Å². The lowest BCUT2D eigenvalue weighted by Gasteiger charge is -2.13. The Morgan fingerprint density at radius 1 is 1.40 bits per heavy atom. The van der Waals surface area contributed by atoms with Gasteiger partial charge in [0.15, 0.2) is 0 Å². The summed E-state index contributed by atoms with van der Waals surface area (Å²) in [7, 11) is 0. The molecule has 0 spiro atoms. The molecule has 1 aromatic rings. The Labute approximate surface area is 93.7 Å². The summed E-state index contributed by atoms with van der Waals surface area (Å²) < 4.78 is 2.37. The number of aromatic nitrogens is 1. The van der Waals surface area contributed by atoms with Crippen molar-refractivity contribution in [3.05, 3.63) is 24.0 Å². The van der Waals surface area contributed by atoms with Crippen LogP contribution in [-0.4, -0.2) is 17.2 Å². The lowest BCUT2D eigenvalue weighted by atomic mass is 10.1. The maximum absolute atomic E-state index is 3.45. The molecule has 1 heterocycles. The van der Waals surface area contributed by atoms with Gasteiger partial charge in [-0.1, -0.05) is 13.8 Å². The second kappa shape index (κ2) is 6.67. The van der Waals surface area contributed by atoms with E-state index in [0.717, 1.165) is 13.1 Å². The van der Waals surface area contributed by atoms with Crippen molar-refractivity contribution in [1.29, 1.82) is 0 Å². The summed E-state index contributed by atoms with van der Waals surface area (Å²) in [5.41, 5.74) is 1.47. The van der Waals surface area contributed by atoms with E-state index in [1.807, 2.05) is 0 Å². The van der Waals surface area contributed by atoms with Crippen molar-refractivity contribution >= 4 is 0 Å². The Bertz CT molecular complexity index is 265. The van der Waals surface area contributed by atoms with Crippen molar-refractivity contribution in [3.8, 4) is 0 Å². The van der Waals surface area contributed by atoms with Crippen LogP contribution in [-0.2, 0) is 13.0 Å². The minimum Gasteiger partial charge on any atom is -0.351 e. The first-order valence-corrected chi connectivity index (χ1v) is 6.15. The van der Waals surface area contributed by atoms with E-state index in [1.165, 1.54) is 25.0 Å². The van der Waals surface area contributed by atoms with E-state index < -0.39 is 0 Å². The quantitative estimate of drug-likeness (QED) is 0.729. The zero-order valence-electron chi connectivity index (χ0n) is 10.3. The van der Waals surface area contributed by atoms with Crippen LogP contribution in [0.2, 0.25) is 0 Å². The van der Waals surface area contributed by atoms with Gasteiger partial charge < -0.3 is 9.88 Å². The first kappa shape index (κ1) is 12.3. The molecule has 15 heavy (non-hydrogen) atoms. The van der Waals surface area contributed by atoms with Crippen LogP contribution in [0.15, 0.2) is 18.3 Å². The van der Waals surface area contributed by atoms with E-state index >= 15 is 0 Å². The molecule has 1 unspecified atom stereocenters. The molecule has 1 rings (SSSR count). The first-order chi connectivity index (χ1) is 7.27. The van der Waals surface area contributed by atoms with Crippen molar-refractivity contribution < 1.29 is 0 Å². The molecular weight excluding hydrogens is 184 g/mol. The van der Waals surface area contributed by atoms with Crippen molar-refractivity contribution in [2.24, 2.45) is 0 Å². The molecule has 0 bridgehead atoms. The standard InChI is InChI=1S/C13H24N2/c1-4-10-15-11-6-7-13(15)9-8-12(3)14-5-2/h6-7,11-12,14H,4-5,8-10H2,1-3H3. The van der Waals surface area contributed by atoms with Crippen LogP contribution in [0.4, 0.5) is 0 Å². The lowest BCUT2D eigenvalue weighted by molar-refractivity contribution is 0.518. The molecule has 0 aliphatic rings. The average molecular weight is 208 g/mol. The topological polar surface area (TPSA) is 17.0 Å². The number of hydrogen-bond acceptors (Lipinski definition) is 1. The van der Waals surface area contributed by atoms with Gasteiger partial charge in [0.2, 0.25) is 0 Å². The predicted octanol–water partition coefficient (Wildman–Crippen LogP) is 2.83. The molecular formula is C13H24N2. The summed E-state index contributed by atoms with van der Waals surface area (Å²) in [4.78, 5) is 0. The van der Waals surface area contributed by atoms with Gasteiger partial charge in [0.1, 0.15) is 0 Å². The van der Waals surface area contributed by atoms with E-state index in [-0.39, 0.29) is 0 Å². The van der Waals surface area contributed by atoms with Gasteiger partial charge in [-0.3, -0.25) is 0 Å². The second-order valence-corrected chi connectivity index (χ2v) is 4.19. The number of aryl methyl sites for hydroxylation is 2. The largest absolute Gasteiger partial charge is 0.351 e. The molecule has 0 saturated carbocycles. The number of hydrogen-bond donors (Lipinski definition) is 1. The summed E-state index contributed by atoms with van der Waals surface area (Å²) in [6.45, 7) is 8.87. The zero-order valence-corrected chi connectivity index (χ0v) is 10.3. The fourth-order valence-electron chi connectivity index (χ4n) is 1.95. The third kappa shape index (κ3) is 4.08. The fourth-order valence-corrected chi connectivity index (χ4v) is 1.95. The molecule has 86 valence electrons. The summed E-state index contributed by atoms with van der Waals surface area (Å²) in [5.74, 6) is 0. The summed E-state index contributed by atoms with van der Waals surface area (Å²) >= 11 is 0. The average Bonchev–Trinajstić information content (AvgIpc) is 2.64. The van der Waals surface area contributed by atoms with E-state index in [4.69, 9.17) is 0 Å². The molecule has 0 aliphatic carbocycles. The molecule has 2 nitrogen and oxygen atoms in total. The van der Waals surface area contributed by atoms with Gasteiger partial charge in [-0.2, -0.15) is 0 Å². The molecule has 0 saturated heterocycles. The molecule has 1 atom stereocenters. The molecule has 0 radical (unpaired) electrons. The van der Waals surface area contributed by atoms with Crippen LogP contribution in [0.25, 0.3) is 0 Å². The summed E-state index contributed by atoms with van der Waals surface area (Å²) in [5, 5.41) is 3.45. The summed E-state index contributed by atoms with van der Waals surface area (Å²) in [6.07, 6.45) is 5.81. The highest BCUT2D eigenvalue weighted by Gasteiger charge is 2.03. The smallest absolute Gasteiger partial charge is 0.0219 e. The maximum atomic E-state index is 3.45. The number of nitrogens with one attached hydrogen (secondary N) is 1. The third-order valence-electron chi connectivity index (χ3n) is 2.77. The highest BCUT2D eigenvalue weighted by molar-refractivity contribution is 5.07. The molecule has 0 fully saturated rings. The SMILES string of the molecule is CCCn1cccc1CCC(C)NCC. The van der Waals surface area contributed by atoms with Gasteiger partial charge in [-0.15, -0.1) is 0 Å². The number of nitrogens with zero attached hydrogens (tertiary/aromatic N) is 1. The molecule has 2 heteroatoms. The van der Waals surface area contributed by atoms with Crippen LogP contribution in [0.1, 0.15) is 39.3 Å². The van der Waals surface area contributed by atoms with Crippen LogP contribution in [0.5, 0.6) is 0 Å². The highest BCUT2D eigenvalue weighted by Crippen LogP contribution is 2.08. The van der Waals surface area contributed by atoms with Gasteiger partial charge in [0, 0.05) is 24.5 Å². The Balaban J connectivity index is 2.39. The van der Waals surface area contributed by atoms with Gasteiger partial charge in [-0.25, -0.2) is 0 Å². The first-order valence-electron chi connectivity index (χ1n) is 6.15. The monoisotopic (exact) mass is 208 g/mol. The summed E-state index contributed by atoms with van der Waals surface area (Å²) in [6, 6.07) is 5.03. The Morgan fingerprint density at radius 2 is 2.20 bits per heavy atom. The van der Waals surface area contributed by atoms with E-state index in [2.05, 4.69) is 49.0 Å². The molecule has 1 N–H and O–H groups in total. The van der Waals surface area contributed by atoms with Gasteiger partial charge >= 0.3 is 0 Å². The molecule has 0 aromatic carbocycles. The third-order valence-corrected chi connectivity index (χ3v) is 2.77. The van der Waals surface area contributed by atoms with Gasteiger partial charge in [0.05, 0.1) is 0 Å². The second-order valence-electron chi connectivity index (χ2n) is 4.19. The van der Waals surface area contributed by atoms with Crippen LogP contribution in [0, 0.1) is 0 Å². The molecule has 0 aliphatic heterocycles. The van der Waals surface area contributed by atoms with Crippen molar-refractivity contribution in [2.75, 3.05) is 6.54 Å². The van der Waals surface area contributed by atoms with Crippen molar-refractivity contribution in [3.63, 3.8) is 0 Å². The van der Waals surface area contributed by atoms with E-state index in [0.29, 0.717) is 6.04 Å². The lowest BCUT2D eigenvalue weighted by Crippen LogP contribution is -2.26. The minimum absolute atomic E-state index is 0.625. The Hall–Kier alpha value is -0.760. The van der Waals surface area contributed by atoms with E-state index in [9.17, 15) is 0 Å². The fraction of sp³-hybridized carbons (Fsp3) is 0.692. The molecule has 0 amide bonds. The Kier molecular flexibility index (Phi) is 5.48. The van der Waals surface area contributed by atoms with Crippen LogP contribution >= 0.6 is 0 Å². The van der Waals surface area contributed by atoms with Gasteiger partial charge in [0.25, 0.3) is 0 Å². The van der Waals surface area contributed by atoms with Gasteiger partial charge in [-0.05, 0) is 44.9 Å². The maximum Gasteiger partial charge on any atom is 0.0219 e. The normalized spacial score (nSPS) is 13.0. The zero-order chi connectivity index (χ0) is 11.1. The van der Waals surface area contributed by atoms with Crippen molar-refractivity contribution in [1.82, 2.24) is 9.88 Å². The Morgan fingerprint density at radius 3 is 2.87 bits per heavy atom. The predicted molar refractivity (Wildman–Crippen MR) is 66.2 cm³/mol. The molecule has 1 aromatic heterocycles. The minimum atomic E-state index is 0.625. The van der Waals surface area contributed by atoms with Crippen LogP contribution in [0.3, 0.4) is 0 Å².